The Kier molecular flexibility index (Phi) is 4.51. The van der Waals surface area contributed by atoms with Crippen molar-refractivity contribution in [2.24, 2.45) is 0 Å². The Labute approximate surface area is 170 Å². The molecule has 29 heavy (non-hydrogen) atoms. The number of hydrogen-bond donors (Lipinski definition) is 0. The maximum Gasteiger partial charge on any atom is 0.0709 e. The number of benzene rings is 4. The molecule has 1 heterocycles. The van der Waals surface area contributed by atoms with E-state index in [1.807, 2.05) is 24.3 Å². The molecule has 0 saturated heterocycles. The zero-order valence-corrected chi connectivity index (χ0v) is 15.9. The average Bonchev–Trinajstić information content (AvgIpc) is 2.81. The van der Waals surface area contributed by atoms with Gasteiger partial charge in [0.2, 0.25) is 0 Å². The van der Waals surface area contributed by atoms with Gasteiger partial charge in [-0.25, -0.2) is 4.98 Å². The van der Waals surface area contributed by atoms with E-state index in [4.69, 9.17) is 4.98 Å². The highest BCUT2D eigenvalue weighted by Crippen LogP contribution is 2.35. The fourth-order valence-electron chi connectivity index (χ4n) is 3.61. The van der Waals surface area contributed by atoms with Gasteiger partial charge in [0.05, 0.1) is 11.2 Å². The monoisotopic (exact) mass is 372 g/mol. The molecule has 0 amide bonds. The largest absolute Gasteiger partial charge is 0.311 e. The van der Waals surface area contributed by atoms with E-state index in [1.165, 1.54) is 0 Å². The van der Waals surface area contributed by atoms with Crippen LogP contribution in [0.3, 0.4) is 0 Å². The van der Waals surface area contributed by atoms with Crippen molar-refractivity contribution in [2.75, 3.05) is 4.90 Å². The first-order chi connectivity index (χ1) is 14.4. The SMILES string of the molecule is c1ccc(N(c2ccccc2)c2ccc(-c3ccc4ccccc4n3)cc2)cc1. The van der Waals surface area contributed by atoms with Gasteiger partial charge < -0.3 is 4.90 Å². The van der Waals surface area contributed by atoms with Gasteiger partial charge in [0, 0.05) is 28.0 Å². The molecule has 4 aromatic carbocycles. The minimum absolute atomic E-state index is 0.987. The summed E-state index contributed by atoms with van der Waals surface area (Å²) in [5.41, 5.74) is 6.50. The molecule has 2 heteroatoms. The minimum Gasteiger partial charge on any atom is -0.311 e. The van der Waals surface area contributed by atoms with E-state index in [2.05, 4.69) is 102 Å². The van der Waals surface area contributed by atoms with Crippen LogP contribution in [-0.4, -0.2) is 4.98 Å². The van der Waals surface area contributed by atoms with Crippen LogP contribution in [0, 0.1) is 0 Å². The van der Waals surface area contributed by atoms with Crippen molar-refractivity contribution in [3.8, 4) is 11.3 Å². The molecule has 0 N–H and O–H groups in total. The molecule has 0 aliphatic carbocycles. The van der Waals surface area contributed by atoms with Gasteiger partial charge in [-0.15, -0.1) is 0 Å². The van der Waals surface area contributed by atoms with Crippen LogP contribution in [0.1, 0.15) is 0 Å². The zero-order chi connectivity index (χ0) is 19.5. The summed E-state index contributed by atoms with van der Waals surface area (Å²) in [4.78, 5) is 7.08. The maximum atomic E-state index is 4.82. The average molecular weight is 372 g/mol. The summed E-state index contributed by atoms with van der Waals surface area (Å²) in [6, 6.07) is 41.9. The second-order valence-corrected chi connectivity index (χ2v) is 6.94. The maximum absolute atomic E-state index is 4.82. The number of nitrogens with zero attached hydrogens (tertiary/aromatic N) is 2. The third-order valence-corrected chi connectivity index (χ3v) is 5.05. The Morgan fingerprint density at radius 2 is 1.00 bits per heavy atom. The lowest BCUT2D eigenvalue weighted by Gasteiger charge is -2.25. The highest BCUT2D eigenvalue weighted by Gasteiger charge is 2.12. The Hall–Kier alpha value is -3.91. The Morgan fingerprint density at radius 1 is 0.448 bits per heavy atom. The van der Waals surface area contributed by atoms with Crippen LogP contribution < -0.4 is 4.90 Å². The molecule has 0 bridgehead atoms. The van der Waals surface area contributed by atoms with E-state index >= 15 is 0 Å². The quantitative estimate of drug-likeness (QED) is 0.327. The Morgan fingerprint density at radius 3 is 1.66 bits per heavy atom. The molecule has 1 aromatic heterocycles. The third-order valence-electron chi connectivity index (χ3n) is 5.05. The first-order valence-corrected chi connectivity index (χ1v) is 9.75. The predicted molar refractivity (Wildman–Crippen MR) is 122 cm³/mol. The summed E-state index contributed by atoms with van der Waals surface area (Å²) in [5, 5.41) is 1.16. The molecule has 0 aliphatic heterocycles. The van der Waals surface area contributed by atoms with Gasteiger partial charge in [-0.3, -0.25) is 0 Å². The van der Waals surface area contributed by atoms with Crippen LogP contribution in [0.5, 0.6) is 0 Å². The number of anilines is 3. The number of aromatic nitrogens is 1. The van der Waals surface area contributed by atoms with Crippen molar-refractivity contribution < 1.29 is 0 Å². The standard InChI is InChI=1S/C27H20N2/c1-3-10-23(11-4-1)29(24-12-5-2-6-13-24)25-18-15-22(16-19-25)27-20-17-21-9-7-8-14-26(21)28-27/h1-20H. The van der Waals surface area contributed by atoms with E-state index in [0.29, 0.717) is 0 Å². The first-order valence-electron chi connectivity index (χ1n) is 9.75. The lowest BCUT2D eigenvalue weighted by Crippen LogP contribution is -2.09. The van der Waals surface area contributed by atoms with E-state index < -0.39 is 0 Å². The van der Waals surface area contributed by atoms with Crippen molar-refractivity contribution in [3.05, 3.63) is 121 Å². The van der Waals surface area contributed by atoms with Gasteiger partial charge in [0.1, 0.15) is 0 Å². The molecule has 2 nitrogen and oxygen atoms in total. The third kappa shape index (κ3) is 3.48. The lowest BCUT2D eigenvalue weighted by molar-refractivity contribution is 1.28. The van der Waals surface area contributed by atoms with Crippen LogP contribution in [0.4, 0.5) is 17.1 Å². The smallest absolute Gasteiger partial charge is 0.0709 e. The van der Waals surface area contributed by atoms with Crippen LogP contribution >= 0.6 is 0 Å². The molecule has 0 unspecified atom stereocenters. The molecule has 5 rings (SSSR count). The van der Waals surface area contributed by atoms with Gasteiger partial charge in [0.25, 0.3) is 0 Å². The summed E-state index contributed by atoms with van der Waals surface area (Å²) < 4.78 is 0. The fourth-order valence-corrected chi connectivity index (χ4v) is 3.61. The van der Waals surface area contributed by atoms with Gasteiger partial charge in [-0.05, 0) is 48.5 Å². The first kappa shape index (κ1) is 17.2. The summed E-state index contributed by atoms with van der Waals surface area (Å²) in [5.74, 6) is 0. The molecule has 0 atom stereocenters. The van der Waals surface area contributed by atoms with Crippen LogP contribution in [-0.2, 0) is 0 Å². The van der Waals surface area contributed by atoms with Crippen molar-refractivity contribution in [1.82, 2.24) is 4.98 Å². The van der Waals surface area contributed by atoms with Crippen molar-refractivity contribution >= 4 is 28.0 Å². The fraction of sp³-hybridized carbons (Fsp3) is 0. The van der Waals surface area contributed by atoms with E-state index in [9.17, 15) is 0 Å². The Balaban J connectivity index is 1.54. The minimum atomic E-state index is 0.987. The molecule has 0 spiro atoms. The van der Waals surface area contributed by atoms with Gasteiger partial charge >= 0.3 is 0 Å². The second kappa shape index (κ2) is 7.61. The van der Waals surface area contributed by atoms with E-state index in [-0.39, 0.29) is 0 Å². The molecule has 138 valence electrons. The van der Waals surface area contributed by atoms with E-state index in [0.717, 1.165) is 39.2 Å². The molecule has 0 saturated carbocycles. The summed E-state index contributed by atoms with van der Waals surface area (Å²) in [7, 11) is 0. The summed E-state index contributed by atoms with van der Waals surface area (Å²) in [6.45, 7) is 0. The van der Waals surface area contributed by atoms with Crippen molar-refractivity contribution in [1.29, 1.82) is 0 Å². The highest BCUT2D eigenvalue weighted by molar-refractivity contribution is 5.82. The molecular weight excluding hydrogens is 352 g/mol. The molecule has 0 fully saturated rings. The number of para-hydroxylation sites is 3. The summed E-state index contributed by atoms with van der Waals surface area (Å²) in [6.07, 6.45) is 0. The van der Waals surface area contributed by atoms with Crippen LogP contribution in [0.2, 0.25) is 0 Å². The number of fused-ring (bicyclic) bond motifs is 1. The normalized spacial score (nSPS) is 10.8. The second-order valence-electron chi connectivity index (χ2n) is 6.94. The molecule has 0 radical (unpaired) electrons. The van der Waals surface area contributed by atoms with Crippen molar-refractivity contribution in [2.45, 2.75) is 0 Å². The molecule has 0 aliphatic rings. The van der Waals surface area contributed by atoms with Crippen LogP contribution in [0.25, 0.3) is 22.2 Å². The van der Waals surface area contributed by atoms with Crippen molar-refractivity contribution in [3.63, 3.8) is 0 Å². The number of pyridine rings is 1. The predicted octanol–water partition coefficient (Wildman–Crippen LogP) is 7.37. The lowest BCUT2D eigenvalue weighted by atomic mass is 10.1. The van der Waals surface area contributed by atoms with Gasteiger partial charge in [-0.1, -0.05) is 72.8 Å². The van der Waals surface area contributed by atoms with E-state index in [1.54, 1.807) is 0 Å². The highest BCUT2D eigenvalue weighted by atomic mass is 15.1. The van der Waals surface area contributed by atoms with Crippen LogP contribution in [0.15, 0.2) is 121 Å². The number of rotatable bonds is 4. The zero-order valence-electron chi connectivity index (χ0n) is 15.9. The number of hydrogen-bond acceptors (Lipinski definition) is 2. The topological polar surface area (TPSA) is 16.1 Å². The Bertz CT molecular complexity index is 1190. The summed E-state index contributed by atoms with van der Waals surface area (Å²) >= 11 is 0. The molecular formula is C27H20N2. The van der Waals surface area contributed by atoms with Gasteiger partial charge in [0.15, 0.2) is 0 Å². The molecule has 5 aromatic rings. The van der Waals surface area contributed by atoms with Gasteiger partial charge in [-0.2, -0.15) is 0 Å².